The number of hydrogen-bond donors (Lipinski definition) is 1. The highest BCUT2D eigenvalue weighted by Crippen LogP contribution is 2.24. The molecule has 0 atom stereocenters. The lowest BCUT2D eigenvalue weighted by Crippen LogP contribution is -2.25. The molecule has 23 heavy (non-hydrogen) atoms. The average Bonchev–Trinajstić information content (AvgIpc) is 2.94. The molecule has 5 nitrogen and oxygen atoms in total. The van der Waals surface area contributed by atoms with Crippen LogP contribution in [0.2, 0.25) is 0 Å². The number of carbonyl (C=O) groups excluding carboxylic acids is 1. The van der Waals surface area contributed by atoms with E-state index in [0.717, 1.165) is 17.0 Å². The van der Waals surface area contributed by atoms with E-state index >= 15 is 0 Å². The Morgan fingerprint density at radius 2 is 2.35 bits per heavy atom. The molecule has 0 saturated carbocycles. The van der Waals surface area contributed by atoms with Gasteiger partial charge in [0, 0.05) is 12.1 Å². The van der Waals surface area contributed by atoms with Gasteiger partial charge in [-0.2, -0.15) is 0 Å². The third kappa shape index (κ3) is 4.47. The van der Waals surface area contributed by atoms with E-state index in [4.69, 9.17) is 6.42 Å². The van der Waals surface area contributed by atoms with Crippen molar-refractivity contribution in [3.63, 3.8) is 0 Å². The second kappa shape index (κ2) is 8.20. The van der Waals surface area contributed by atoms with E-state index in [0.29, 0.717) is 11.7 Å². The topological polar surface area (TPSA) is 59.8 Å². The Balaban J connectivity index is 2.20. The standard InChI is InChI=1S/C17H18N4OS/c1-4-9-18-15(22)12-23-17-20-19-16(21(17)10-5-2)14-8-6-7-13(3)11-14/h1,5-8,11H,2,9-10,12H2,3H3,(H,18,22). The predicted molar refractivity (Wildman–Crippen MR) is 93.0 cm³/mol. The third-order valence-corrected chi connectivity index (χ3v) is 3.99. The quantitative estimate of drug-likeness (QED) is 0.482. The van der Waals surface area contributed by atoms with E-state index in [1.54, 1.807) is 6.08 Å². The predicted octanol–water partition coefficient (Wildman–Crippen LogP) is 2.28. The normalized spacial score (nSPS) is 10.1. The highest BCUT2D eigenvalue weighted by molar-refractivity contribution is 7.99. The summed E-state index contributed by atoms with van der Waals surface area (Å²) in [5, 5.41) is 11.8. The van der Waals surface area contributed by atoms with Gasteiger partial charge in [-0.1, -0.05) is 47.5 Å². The highest BCUT2D eigenvalue weighted by atomic mass is 32.2. The van der Waals surface area contributed by atoms with Crippen molar-refractivity contribution in [3.8, 4) is 23.7 Å². The average molecular weight is 326 g/mol. The molecule has 0 bridgehead atoms. The highest BCUT2D eigenvalue weighted by Gasteiger charge is 2.14. The van der Waals surface area contributed by atoms with Crippen molar-refractivity contribution < 1.29 is 4.79 Å². The molecule has 0 radical (unpaired) electrons. The number of nitrogens with zero attached hydrogens (tertiary/aromatic N) is 3. The van der Waals surface area contributed by atoms with Gasteiger partial charge in [0.25, 0.3) is 0 Å². The molecular weight excluding hydrogens is 308 g/mol. The maximum absolute atomic E-state index is 11.7. The van der Waals surface area contributed by atoms with Gasteiger partial charge in [0.05, 0.1) is 12.3 Å². The van der Waals surface area contributed by atoms with Crippen LogP contribution in [-0.2, 0) is 11.3 Å². The van der Waals surface area contributed by atoms with Gasteiger partial charge >= 0.3 is 0 Å². The fourth-order valence-electron chi connectivity index (χ4n) is 2.02. The molecule has 1 aromatic heterocycles. The summed E-state index contributed by atoms with van der Waals surface area (Å²) in [6, 6.07) is 8.06. The fourth-order valence-corrected chi connectivity index (χ4v) is 2.80. The summed E-state index contributed by atoms with van der Waals surface area (Å²) in [4.78, 5) is 11.7. The number of thioether (sulfide) groups is 1. The van der Waals surface area contributed by atoms with Gasteiger partial charge in [-0.3, -0.25) is 9.36 Å². The van der Waals surface area contributed by atoms with Gasteiger partial charge in [0.2, 0.25) is 5.91 Å². The van der Waals surface area contributed by atoms with Crippen molar-refractivity contribution in [2.45, 2.75) is 18.6 Å². The molecule has 0 aliphatic carbocycles. The lowest BCUT2D eigenvalue weighted by molar-refractivity contribution is -0.118. The minimum atomic E-state index is -0.127. The first-order valence-corrected chi connectivity index (χ1v) is 8.08. The smallest absolute Gasteiger partial charge is 0.231 e. The maximum Gasteiger partial charge on any atom is 0.231 e. The van der Waals surface area contributed by atoms with E-state index in [1.165, 1.54) is 11.8 Å². The minimum Gasteiger partial charge on any atom is -0.344 e. The minimum absolute atomic E-state index is 0.127. The zero-order chi connectivity index (χ0) is 16.7. The molecule has 1 amide bonds. The van der Waals surface area contributed by atoms with Gasteiger partial charge in [0.15, 0.2) is 11.0 Å². The van der Waals surface area contributed by atoms with Crippen LogP contribution in [0.25, 0.3) is 11.4 Å². The monoisotopic (exact) mass is 326 g/mol. The Morgan fingerprint density at radius 3 is 3.04 bits per heavy atom. The van der Waals surface area contributed by atoms with Gasteiger partial charge < -0.3 is 5.32 Å². The van der Waals surface area contributed by atoms with Gasteiger partial charge in [-0.25, -0.2) is 0 Å². The number of rotatable bonds is 7. The van der Waals surface area contributed by atoms with Crippen LogP contribution in [-0.4, -0.2) is 33.0 Å². The van der Waals surface area contributed by atoms with Crippen LogP contribution < -0.4 is 5.32 Å². The Bertz CT molecular complexity index is 745. The van der Waals surface area contributed by atoms with Crippen LogP contribution in [0.5, 0.6) is 0 Å². The number of allylic oxidation sites excluding steroid dienone is 1. The third-order valence-electron chi connectivity index (χ3n) is 3.02. The molecule has 6 heteroatoms. The lowest BCUT2D eigenvalue weighted by Gasteiger charge is -2.08. The SMILES string of the molecule is C#CCNC(=O)CSc1nnc(-c2cccc(C)c2)n1CC=C. The van der Waals surface area contributed by atoms with Crippen molar-refractivity contribution in [2.24, 2.45) is 0 Å². The molecule has 1 heterocycles. The number of amides is 1. The number of hydrogen-bond acceptors (Lipinski definition) is 4. The van der Waals surface area contributed by atoms with Crippen LogP contribution in [0, 0.1) is 19.3 Å². The summed E-state index contributed by atoms with van der Waals surface area (Å²) in [6.07, 6.45) is 6.90. The summed E-state index contributed by atoms with van der Waals surface area (Å²) in [5.41, 5.74) is 2.14. The Kier molecular flexibility index (Phi) is 6.01. The zero-order valence-electron chi connectivity index (χ0n) is 13.0. The number of carbonyl (C=O) groups is 1. The van der Waals surface area contributed by atoms with Crippen LogP contribution in [0.3, 0.4) is 0 Å². The number of benzene rings is 1. The second-order valence-corrected chi connectivity index (χ2v) is 5.79. The number of nitrogens with one attached hydrogen (secondary N) is 1. The summed E-state index contributed by atoms with van der Waals surface area (Å²) < 4.78 is 1.95. The van der Waals surface area contributed by atoms with Crippen molar-refractivity contribution >= 4 is 17.7 Å². The van der Waals surface area contributed by atoms with E-state index in [-0.39, 0.29) is 18.2 Å². The molecule has 0 saturated heterocycles. The van der Waals surface area contributed by atoms with E-state index in [1.807, 2.05) is 29.7 Å². The summed E-state index contributed by atoms with van der Waals surface area (Å²) in [5.74, 6) is 3.25. The molecule has 0 spiro atoms. The molecule has 0 fully saturated rings. The molecule has 1 aromatic carbocycles. The Labute approximate surface area is 140 Å². The first kappa shape index (κ1) is 16.8. The molecule has 2 aromatic rings. The van der Waals surface area contributed by atoms with Crippen LogP contribution in [0.4, 0.5) is 0 Å². The fraction of sp³-hybridized carbons (Fsp3) is 0.235. The molecule has 0 aliphatic rings. The molecule has 118 valence electrons. The van der Waals surface area contributed by atoms with E-state index in [2.05, 4.69) is 34.1 Å². The second-order valence-electron chi connectivity index (χ2n) is 4.84. The summed E-state index contributed by atoms with van der Waals surface area (Å²) in [7, 11) is 0. The molecular formula is C17H18N4OS. The molecule has 0 unspecified atom stereocenters. The van der Waals surface area contributed by atoms with Crippen LogP contribution in [0.1, 0.15) is 5.56 Å². The lowest BCUT2D eigenvalue weighted by atomic mass is 10.1. The van der Waals surface area contributed by atoms with Gasteiger partial charge in [-0.05, 0) is 13.0 Å². The first-order valence-electron chi connectivity index (χ1n) is 7.09. The van der Waals surface area contributed by atoms with Crippen LogP contribution >= 0.6 is 11.8 Å². The maximum atomic E-state index is 11.7. The number of terminal acetylenes is 1. The van der Waals surface area contributed by atoms with Crippen molar-refractivity contribution in [3.05, 3.63) is 42.5 Å². The van der Waals surface area contributed by atoms with Gasteiger partial charge in [0.1, 0.15) is 0 Å². The van der Waals surface area contributed by atoms with E-state index in [9.17, 15) is 4.79 Å². The summed E-state index contributed by atoms with van der Waals surface area (Å²) >= 11 is 1.33. The molecule has 2 rings (SSSR count). The van der Waals surface area contributed by atoms with Crippen molar-refractivity contribution in [1.29, 1.82) is 0 Å². The van der Waals surface area contributed by atoms with Gasteiger partial charge in [-0.15, -0.1) is 23.2 Å². The van der Waals surface area contributed by atoms with Crippen molar-refractivity contribution in [1.82, 2.24) is 20.1 Å². The van der Waals surface area contributed by atoms with E-state index < -0.39 is 0 Å². The summed E-state index contributed by atoms with van der Waals surface area (Å²) in [6.45, 7) is 6.61. The number of aromatic nitrogens is 3. The Morgan fingerprint density at radius 1 is 1.52 bits per heavy atom. The number of aryl methyl sites for hydroxylation is 1. The molecule has 1 N–H and O–H groups in total. The van der Waals surface area contributed by atoms with Crippen LogP contribution in [0.15, 0.2) is 42.1 Å². The Hall–Kier alpha value is -2.52. The molecule has 0 aliphatic heterocycles. The zero-order valence-corrected chi connectivity index (χ0v) is 13.8. The van der Waals surface area contributed by atoms with Crippen molar-refractivity contribution in [2.75, 3.05) is 12.3 Å². The largest absolute Gasteiger partial charge is 0.344 e. The first-order chi connectivity index (χ1) is 11.2.